The van der Waals surface area contributed by atoms with Crippen LogP contribution in [0.2, 0.25) is 0 Å². The molecule has 0 saturated carbocycles. The van der Waals surface area contributed by atoms with Crippen LogP contribution in [0, 0.1) is 0 Å². The highest BCUT2D eigenvalue weighted by molar-refractivity contribution is 7.81. The molecule has 1 aromatic carbocycles. The number of alkyl halides is 3. The van der Waals surface area contributed by atoms with E-state index in [2.05, 4.69) is 13.7 Å². The van der Waals surface area contributed by atoms with Crippen molar-refractivity contribution in [2.75, 3.05) is 7.11 Å². The first-order valence-electron chi connectivity index (χ1n) is 4.79. The molecular formula is C10H9F3O5S. The lowest BCUT2D eigenvalue weighted by atomic mass is 10.2. The van der Waals surface area contributed by atoms with E-state index >= 15 is 0 Å². The molecule has 0 aliphatic carbocycles. The molecule has 0 bridgehead atoms. The van der Waals surface area contributed by atoms with Crippen molar-refractivity contribution in [3.8, 4) is 5.75 Å². The molecule has 0 amide bonds. The number of rotatable bonds is 4. The Balaban J connectivity index is 2.57. The van der Waals surface area contributed by atoms with Crippen LogP contribution >= 0.6 is 0 Å². The fourth-order valence-corrected chi connectivity index (χ4v) is 1.36. The maximum atomic E-state index is 12.0. The summed E-state index contributed by atoms with van der Waals surface area (Å²) in [6.45, 7) is -0.102. The molecule has 0 saturated heterocycles. The minimum Gasteiger partial charge on any atom is -0.438 e. The van der Waals surface area contributed by atoms with Gasteiger partial charge in [-0.3, -0.25) is 0 Å². The fourth-order valence-electron chi connectivity index (χ4n) is 0.977. The zero-order valence-corrected chi connectivity index (χ0v) is 10.4. The van der Waals surface area contributed by atoms with Crippen molar-refractivity contribution in [1.82, 2.24) is 0 Å². The summed E-state index contributed by atoms with van der Waals surface area (Å²) in [5, 5.41) is 0. The zero-order valence-electron chi connectivity index (χ0n) is 9.60. The molecule has 0 radical (unpaired) electrons. The smallest absolute Gasteiger partial charge is 0.438 e. The van der Waals surface area contributed by atoms with Crippen molar-refractivity contribution in [3.05, 3.63) is 29.8 Å². The summed E-state index contributed by atoms with van der Waals surface area (Å²) in [5.41, 5.74) is -4.43. The number of halogens is 3. The highest BCUT2D eigenvalue weighted by Crippen LogP contribution is 2.23. The van der Waals surface area contributed by atoms with E-state index in [0.717, 1.165) is 7.11 Å². The lowest BCUT2D eigenvalue weighted by Gasteiger charge is -2.08. The van der Waals surface area contributed by atoms with Crippen LogP contribution in [0.1, 0.15) is 5.56 Å². The molecule has 0 aliphatic rings. The largest absolute Gasteiger partial charge is 0.508 e. The summed E-state index contributed by atoms with van der Waals surface area (Å²) in [6.07, 6.45) is -0.876. The van der Waals surface area contributed by atoms with E-state index in [-0.39, 0.29) is 12.4 Å². The van der Waals surface area contributed by atoms with Crippen LogP contribution in [-0.4, -0.2) is 23.0 Å². The first kappa shape index (κ1) is 15.3. The monoisotopic (exact) mass is 298 g/mol. The van der Waals surface area contributed by atoms with Crippen LogP contribution in [0.3, 0.4) is 0 Å². The maximum absolute atomic E-state index is 12.0. The van der Waals surface area contributed by atoms with E-state index in [0.29, 0.717) is 5.56 Å². The van der Waals surface area contributed by atoms with Crippen molar-refractivity contribution < 1.29 is 35.8 Å². The van der Waals surface area contributed by atoms with Crippen molar-refractivity contribution in [1.29, 1.82) is 0 Å². The quantitative estimate of drug-likeness (QED) is 0.799. The third-order valence-electron chi connectivity index (χ3n) is 1.81. The minimum atomic E-state index is -4.94. The molecule has 1 unspecified atom stereocenters. The fraction of sp³-hybridized carbons (Fsp3) is 0.300. The van der Waals surface area contributed by atoms with Gasteiger partial charge < -0.3 is 13.7 Å². The summed E-state index contributed by atoms with van der Waals surface area (Å²) < 4.78 is 59.6. The van der Waals surface area contributed by atoms with Gasteiger partial charge >= 0.3 is 22.7 Å². The molecule has 0 spiro atoms. The standard InChI is InChI=1S/C10H9F3O5S/c1-16-9(14)17-6-7-2-4-8(5-3-7)18-19(15)10(11,12)13/h2-5H,6H2,1H3. The summed E-state index contributed by atoms with van der Waals surface area (Å²) in [7, 11) is 1.14. The number of benzene rings is 1. The van der Waals surface area contributed by atoms with Crippen LogP contribution in [0.25, 0.3) is 0 Å². The summed E-state index contributed by atoms with van der Waals surface area (Å²) >= 11 is -3.41. The number of hydrogen-bond acceptors (Lipinski definition) is 5. The number of carbonyl (C=O) groups excluding carboxylic acids is 1. The SMILES string of the molecule is COC(=O)OCc1ccc(OS(=O)C(F)(F)F)cc1. The van der Waals surface area contributed by atoms with Crippen LogP contribution in [-0.2, 0) is 27.2 Å². The second-order valence-corrected chi connectivity index (χ2v) is 4.25. The van der Waals surface area contributed by atoms with Gasteiger partial charge in [-0.25, -0.2) is 9.00 Å². The summed E-state index contributed by atoms with van der Waals surface area (Å²) in [4.78, 5) is 10.7. The molecule has 1 aromatic rings. The van der Waals surface area contributed by atoms with Gasteiger partial charge in [-0.15, -0.1) is 0 Å². The van der Waals surface area contributed by atoms with Gasteiger partial charge in [-0.2, -0.15) is 13.2 Å². The second-order valence-electron chi connectivity index (χ2n) is 3.15. The second kappa shape index (κ2) is 6.41. The molecule has 1 atom stereocenters. The maximum Gasteiger partial charge on any atom is 0.508 e. The molecule has 0 aliphatic heterocycles. The van der Waals surface area contributed by atoms with Gasteiger partial charge in [0.2, 0.25) is 0 Å². The Kier molecular flexibility index (Phi) is 5.16. The van der Waals surface area contributed by atoms with Crippen molar-refractivity contribution >= 4 is 17.2 Å². The van der Waals surface area contributed by atoms with E-state index in [9.17, 15) is 22.2 Å². The van der Waals surface area contributed by atoms with Gasteiger partial charge in [0.25, 0.3) is 0 Å². The molecule has 5 nitrogen and oxygen atoms in total. The third-order valence-corrected chi connectivity index (χ3v) is 2.53. The van der Waals surface area contributed by atoms with E-state index in [1.807, 2.05) is 0 Å². The molecule has 0 aromatic heterocycles. The van der Waals surface area contributed by atoms with Crippen LogP contribution in [0.4, 0.5) is 18.0 Å². The van der Waals surface area contributed by atoms with E-state index in [1.165, 1.54) is 24.3 Å². The van der Waals surface area contributed by atoms with E-state index in [1.54, 1.807) is 0 Å². The van der Waals surface area contributed by atoms with Gasteiger partial charge in [0.05, 0.1) is 7.11 Å². The van der Waals surface area contributed by atoms with Gasteiger partial charge in [-0.1, -0.05) is 12.1 Å². The van der Waals surface area contributed by atoms with Gasteiger partial charge in [0, 0.05) is 0 Å². The number of hydrogen-bond donors (Lipinski definition) is 0. The van der Waals surface area contributed by atoms with Crippen LogP contribution in [0.15, 0.2) is 24.3 Å². The molecular weight excluding hydrogens is 289 g/mol. The van der Waals surface area contributed by atoms with Crippen LogP contribution < -0.4 is 4.18 Å². The molecule has 106 valence electrons. The Morgan fingerprint density at radius 1 is 1.26 bits per heavy atom. The summed E-state index contributed by atoms with van der Waals surface area (Å²) in [6, 6.07) is 5.09. The number of methoxy groups -OCH3 is 1. The molecule has 0 fully saturated rings. The third kappa shape index (κ3) is 5.16. The number of carbonyl (C=O) groups is 1. The molecule has 0 heterocycles. The van der Waals surface area contributed by atoms with E-state index < -0.39 is 22.7 Å². The predicted molar refractivity (Wildman–Crippen MR) is 58.5 cm³/mol. The van der Waals surface area contributed by atoms with Crippen molar-refractivity contribution in [3.63, 3.8) is 0 Å². The molecule has 1 rings (SSSR count). The normalized spacial score (nSPS) is 12.6. The Morgan fingerprint density at radius 2 is 1.84 bits per heavy atom. The first-order chi connectivity index (χ1) is 8.82. The Morgan fingerprint density at radius 3 is 2.32 bits per heavy atom. The van der Waals surface area contributed by atoms with Gasteiger partial charge in [-0.05, 0) is 17.7 Å². The highest BCUT2D eigenvalue weighted by atomic mass is 32.2. The highest BCUT2D eigenvalue weighted by Gasteiger charge is 2.39. The Labute approximate surface area is 108 Å². The Hall–Kier alpha value is -1.77. The van der Waals surface area contributed by atoms with Crippen LogP contribution in [0.5, 0.6) is 5.75 Å². The molecule has 19 heavy (non-hydrogen) atoms. The summed E-state index contributed by atoms with van der Waals surface area (Å²) in [5.74, 6) is -0.211. The molecule has 0 N–H and O–H groups in total. The average Bonchev–Trinajstić information content (AvgIpc) is 2.36. The lowest BCUT2D eigenvalue weighted by Crippen LogP contribution is -2.20. The molecule has 9 heteroatoms. The topological polar surface area (TPSA) is 61.8 Å². The van der Waals surface area contributed by atoms with E-state index in [4.69, 9.17) is 0 Å². The minimum absolute atomic E-state index is 0.102. The first-order valence-corrected chi connectivity index (χ1v) is 5.87. The zero-order chi connectivity index (χ0) is 14.5. The lowest BCUT2D eigenvalue weighted by molar-refractivity contribution is -0.0437. The van der Waals surface area contributed by atoms with Gasteiger partial charge in [0.15, 0.2) is 0 Å². The predicted octanol–water partition coefficient (Wildman–Crippen LogP) is 2.53. The number of ether oxygens (including phenoxy) is 2. The Bertz CT molecular complexity index is 457. The van der Waals surface area contributed by atoms with Crippen molar-refractivity contribution in [2.24, 2.45) is 0 Å². The van der Waals surface area contributed by atoms with Gasteiger partial charge in [0.1, 0.15) is 12.4 Å². The average molecular weight is 298 g/mol. The van der Waals surface area contributed by atoms with Crippen molar-refractivity contribution in [2.45, 2.75) is 12.1 Å².